The van der Waals surface area contributed by atoms with E-state index < -0.39 is 5.41 Å². The van der Waals surface area contributed by atoms with E-state index in [-0.39, 0.29) is 11.4 Å². The van der Waals surface area contributed by atoms with Gasteiger partial charge in [0.25, 0.3) is 0 Å². The summed E-state index contributed by atoms with van der Waals surface area (Å²) in [5.74, 6) is -0.196. The van der Waals surface area contributed by atoms with E-state index in [2.05, 4.69) is 12.2 Å². The third kappa shape index (κ3) is 3.78. The van der Waals surface area contributed by atoms with Crippen LogP contribution in [-0.2, 0) is 4.79 Å². The first kappa shape index (κ1) is 13.0. The van der Waals surface area contributed by atoms with Crippen molar-refractivity contribution in [3.05, 3.63) is 0 Å². The highest BCUT2D eigenvalue weighted by molar-refractivity contribution is 5.85. The monoisotopic (exact) mass is 196 g/mol. The number of carbonyl (C=O) groups is 1. The third-order valence-electron chi connectivity index (χ3n) is 2.17. The summed E-state index contributed by atoms with van der Waals surface area (Å²) in [5.41, 5.74) is -1.16. The molecular weight excluding hydrogens is 176 g/mol. The van der Waals surface area contributed by atoms with Gasteiger partial charge in [0.2, 0.25) is 5.91 Å². The van der Waals surface area contributed by atoms with Gasteiger partial charge in [0.15, 0.2) is 0 Å². The molecule has 0 saturated carbocycles. The molecule has 3 nitrogen and oxygen atoms in total. The van der Waals surface area contributed by atoms with E-state index in [4.69, 9.17) is 5.26 Å². The first-order valence-electron chi connectivity index (χ1n) is 4.99. The van der Waals surface area contributed by atoms with Gasteiger partial charge in [-0.05, 0) is 34.1 Å². The number of amides is 1. The minimum atomic E-state index is -0.939. The minimum Gasteiger partial charge on any atom is -0.350 e. The molecule has 3 heteroatoms. The molecule has 14 heavy (non-hydrogen) atoms. The summed E-state index contributed by atoms with van der Waals surface area (Å²) in [6, 6.07) is 1.99. The highest BCUT2D eigenvalue weighted by Gasteiger charge is 2.31. The molecule has 0 radical (unpaired) electrons. The van der Waals surface area contributed by atoms with Crippen LogP contribution >= 0.6 is 0 Å². The topological polar surface area (TPSA) is 52.9 Å². The molecule has 0 aromatic heterocycles. The lowest BCUT2D eigenvalue weighted by Gasteiger charge is -2.28. The van der Waals surface area contributed by atoms with Gasteiger partial charge < -0.3 is 5.32 Å². The van der Waals surface area contributed by atoms with Gasteiger partial charge in [0.1, 0.15) is 5.41 Å². The lowest BCUT2D eigenvalue weighted by atomic mass is 9.91. The van der Waals surface area contributed by atoms with Crippen LogP contribution < -0.4 is 5.32 Å². The van der Waals surface area contributed by atoms with Crippen LogP contribution in [0.2, 0.25) is 0 Å². The Bertz CT molecular complexity index is 249. The average Bonchev–Trinajstić information content (AvgIpc) is 2.03. The molecule has 0 bridgehead atoms. The minimum absolute atomic E-state index is 0.196. The van der Waals surface area contributed by atoms with Crippen LogP contribution in [0, 0.1) is 16.7 Å². The number of nitrogens with zero attached hydrogens (tertiary/aromatic N) is 1. The fourth-order valence-corrected chi connectivity index (χ4v) is 1.20. The number of carbonyl (C=O) groups excluding carboxylic acids is 1. The molecule has 0 fully saturated rings. The van der Waals surface area contributed by atoms with Gasteiger partial charge in [-0.15, -0.1) is 0 Å². The number of nitriles is 1. The molecule has 0 spiro atoms. The summed E-state index contributed by atoms with van der Waals surface area (Å²) in [7, 11) is 0. The van der Waals surface area contributed by atoms with Crippen LogP contribution in [0.5, 0.6) is 0 Å². The Labute approximate surface area is 86.5 Å². The SMILES string of the molecule is CCCC(C)(C)NC(=O)C(C)(C)C#N. The van der Waals surface area contributed by atoms with Crippen LogP contribution in [0.4, 0.5) is 0 Å². The standard InChI is InChI=1S/C11H20N2O/c1-6-7-11(4,5)13-9(14)10(2,3)8-12/h6-7H2,1-5H3,(H,13,14). The maximum Gasteiger partial charge on any atom is 0.240 e. The van der Waals surface area contributed by atoms with E-state index in [1.54, 1.807) is 13.8 Å². The van der Waals surface area contributed by atoms with Gasteiger partial charge in [0, 0.05) is 5.54 Å². The fraction of sp³-hybridized carbons (Fsp3) is 0.818. The van der Waals surface area contributed by atoms with Crippen molar-refractivity contribution in [1.82, 2.24) is 5.32 Å². The summed E-state index contributed by atoms with van der Waals surface area (Å²) < 4.78 is 0. The maximum absolute atomic E-state index is 11.7. The second-order valence-electron chi connectivity index (χ2n) is 4.82. The first-order valence-corrected chi connectivity index (χ1v) is 4.99. The Morgan fingerprint density at radius 3 is 2.21 bits per heavy atom. The Kier molecular flexibility index (Phi) is 4.12. The maximum atomic E-state index is 11.7. The lowest BCUT2D eigenvalue weighted by Crippen LogP contribution is -2.48. The molecule has 0 heterocycles. The van der Waals surface area contributed by atoms with Crippen molar-refractivity contribution < 1.29 is 4.79 Å². The van der Waals surface area contributed by atoms with E-state index in [1.807, 2.05) is 19.9 Å². The zero-order chi connectivity index (χ0) is 11.4. The van der Waals surface area contributed by atoms with Crippen molar-refractivity contribution in [1.29, 1.82) is 5.26 Å². The van der Waals surface area contributed by atoms with Crippen LogP contribution in [0.3, 0.4) is 0 Å². The number of nitrogens with one attached hydrogen (secondary N) is 1. The number of hydrogen-bond acceptors (Lipinski definition) is 2. The van der Waals surface area contributed by atoms with Crippen LogP contribution in [0.1, 0.15) is 47.5 Å². The number of hydrogen-bond donors (Lipinski definition) is 1. The molecular formula is C11H20N2O. The highest BCUT2D eigenvalue weighted by atomic mass is 16.2. The molecule has 1 N–H and O–H groups in total. The number of rotatable bonds is 4. The predicted octanol–water partition coefficient (Wildman–Crippen LogP) is 2.23. The van der Waals surface area contributed by atoms with Crippen molar-refractivity contribution in [2.45, 2.75) is 53.0 Å². The fourth-order valence-electron chi connectivity index (χ4n) is 1.20. The lowest BCUT2D eigenvalue weighted by molar-refractivity contribution is -0.128. The molecule has 0 aromatic rings. The van der Waals surface area contributed by atoms with E-state index in [0.29, 0.717) is 0 Å². The van der Waals surface area contributed by atoms with Crippen molar-refractivity contribution in [3.8, 4) is 6.07 Å². The van der Waals surface area contributed by atoms with Gasteiger partial charge >= 0.3 is 0 Å². The molecule has 80 valence electrons. The summed E-state index contributed by atoms with van der Waals surface area (Å²) >= 11 is 0. The largest absolute Gasteiger partial charge is 0.350 e. The van der Waals surface area contributed by atoms with Gasteiger partial charge in [-0.2, -0.15) is 5.26 Å². The summed E-state index contributed by atoms with van der Waals surface area (Å²) in [5, 5.41) is 11.7. The van der Waals surface area contributed by atoms with Crippen molar-refractivity contribution in [3.63, 3.8) is 0 Å². The smallest absolute Gasteiger partial charge is 0.240 e. The summed E-state index contributed by atoms with van der Waals surface area (Å²) in [6.45, 7) is 9.28. The Morgan fingerprint density at radius 1 is 1.36 bits per heavy atom. The Hall–Kier alpha value is -1.04. The molecule has 0 unspecified atom stereocenters. The van der Waals surface area contributed by atoms with Crippen LogP contribution in [0.15, 0.2) is 0 Å². The average molecular weight is 196 g/mol. The van der Waals surface area contributed by atoms with E-state index in [1.165, 1.54) is 0 Å². The zero-order valence-electron chi connectivity index (χ0n) is 9.77. The molecule has 0 saturated heterocycles. The molecule has 1 amide bonds. The van der Waals surface area contributed by atoms with Crippen LogP contribution in [0.25, 0.3) is 0 Å². The molecule has 0 aliphatic carbocycles. The van der Waals surface area contributed by atoms with E-state index >= 15 is 0 Å². The second-order valence-corrected chi connectivity index (χ2v) is 4.82. The molecule has 0 aliphatic heterocycles. The Morgan fingerprint density at radius 2 is 1.86 bits per heavy atom. The molecule has 0 aliphatic rings. The van der Waals surface area contributed by atoms with E-state index in [9.17, 15) is 4.79 Å². The van der Waals surface area contributed by atoms with Crippen molar-refractivity contribution in [2.75, 3.05) is 0 Å². The Balaban J connectivity index is 4.41. The zero-order valence-corrected chi connectivity index (χ0v) is 9.77. The molecule has 0 rings (SSSR count). The van der Waals surface area contributed by atoms with Gasteiger partial charge in [-0.1, -0.05) is 13.3 Å². The quantitative estimate of drug-likeness (QED) is 0.749. The van der Waals surface area contributed by atoms with Crippen molar-refractivity contribution in [2.24, 2.45) is 5.41 Å². The van der Waals surface area contributed by atoms with Gasteiger partial charge in [-0.25, -0.2) is 0 Å². The summed E-state index contributed by atoms with van der Waals surface area (Å²) in [6.07, 6.45) is 1.93. The van der Waals surface area contributed by atoms with E-state index in [0.717, 1.165) is 12.8 Å². The molecule has 0 aromatic carbocycles. The molecule has 0 atom stereocenters. The van der Waals surface area contributed by atoms with Gasteiger partial charge in [0.05, 0.1) is 6.07 Å². The normalized spacial score (nSPS) is 12.0. The summed E-state index contributed by atoms with van der Waals surface area (Å²) in [4.78, 5) is 11.7. The second kappa shape index (κ2) is 4.45. The van der Waals surface area contributed by atoms with Gasteiger partial charge in [-0.3, -0.25) is 4.79 Å². The van der Waals surface area contributed by atoms with Crippen LogP contribution in [-0.4, -0.2) is 11.4 Å². The predicted molar refractivity (Wildman–Crippen MR) is 56.5 cm³/mol. The van der Waals surface area contributed by atoms with Crippen molar-refractivity contribution >= 4 is 5.91 Å². The first-order chi connectivity index (χ1) is 6.25. The third-order valence-corrected chi connectivity index (χ3v) is 2.17. The highest BCUT2D eigenvalue weighted by Crippen LogP contribution is 2.17.